The van der Waals surface area contributed by atoms with Crippen LogP contribution in [0.15, 0.2) is 65.3 Å². The minimum Gasteiger partial charge on any atom is -0.496 e. The highest BCUT2D eigenvalue weighted by atomic mass is 16.5. The molecule has 0 amide bonds. The molecule has 8 nitrogen and oxygen atoms in total. The van der Waals surface area contributed by atoms with Crippen molar-refractivity contribution < 1.29 is 4.74 Å². The summed E-state index contributed by atoms with van der Waals surface area (Å²) in [5.74, 6) is 0.994. The van der Waals surface area contributed by atoms with Gasteiger partial charge in [0.25, 0.3) is 0 Å². The van der Waals surface area contributed by atoms with Crippen molar-refractivity contribution in [1.82, 2.24) is 25.2 Å². The lowest BCUT2D eigenvalue weighted by atomic mass is 10.0. The maximum atomic E-state index is 9.46. The van der Waals surface area contributed by atoms with Crippen LogP contribution in [-0.4, -0.2) is 38.5 Å². The SMILES string of the molecule is COc1cc(-n2nnc(-c3ccccn3)n2)ccc1C1=C(C#N)CC=CC=N1. The summed E-state index contributed by atoms with van der Waals surface area (Å²) >= 11 is 0. The Morgan fingerprint density at radius 3 is 2.93 bits per heavy atom. The molecule has 0 saturated heterocycles. The lowest BCUT2D eigenvalue weighted by molar-refractivity contribution is 0.413. The number of aliphatic imine (C=N–C) groups is 1. The molecule has 0 N–H and O–H groups in total. The molecule has 0 spiro atoms. The molecular formula is C20H15N7O. The van der Waals surface area contributed by atoms with Gasteiger partial charge in [0, 0.05) is 30.5 Å². The van der Waals surface area contributed by atoms with E-state index in [1.165, 1.54) is 4.80 Å². The van der Waals surface area contributed by atoms with Crippen molar-refractivity contribution in [1.29, 1.82) is 5.26 Å². The number of rotatable bonds is 4. The van der Waals surface area contributed by atoms with E-state index in [1.807, 2.05) is 42.5 Å². The Morgan fingerprint density at radius 1 is 1.21 bits per heavy atom. The van der Waals surface area contributed by atoms with Crippen LogP contribution in [0.4, 0.5) is 0 Å². The highest BCUT2D eigenvalue weighted by Crippen LogP contribution is 2.32. The average Bonchev–Trinajstić information content (AvgIpc) is 3.13. The predicted octanol–water partition coefficient (Wildman–Crippen LogP) is 3.00. The Hall–Kier alpha value is -4.12. The fraction of sp³-hybridized carbons (Fsp3) is 0.100. The normalized spacial score (nSPS) is 13.3. The number of hydrogen-bond acceptors (Lipinski definition) is 7. The quantitative estimate of drug-likeness (QED) is 0.700. The second-order valence-electron chi connectivity index (χ2n) is 5.85. The van der Waals surface area contributed by atoms with Crippen LogP contribution >= 0.6 is 0 Å². The molecule has 0 unspecified atom stereocenters. The number of nitrogens with zero attached hydrogens (tertiary/aromatic N) is 7. The van der Waals surface area contributed by atoms with Crippen LogP contribution in [0.1, 0.15) is 12.0 Å². The first-order valence-corrected chi connectivity index (χ1v) is 8.53. The number of hydrogen-bond donors (Lipinski definition) is 0. The van der Waals surface area contributed by atoms with Crippen LogP contribution in [0.3, 0.4) is 0 Å². The van der Waals surface area contributed by atoms with Crippen molar-refractivity contribution in [3.8, 4) is 29.0 Å². The third-order valence-corrected chi connectivity index (χ3v) is 4.15. The number of pyridine rings is 1. The average molecular weight is 369 g/mol. The van der Waals surface area contributed by atoms with E-state index in [-0.39, 0.29) is 0 Å². The van der Waals surface area contributed by atoms with E-state index in [1.54, 1.807) is 25.6 Å². The van der Waals surface area contributed by atoms with Crippen LogP contribution in [0, 0.1) is 11.3 Å². The lowest BCUT2D eigenvalue weighted by Gasteiger charge is -2.11. The van der Waals surface area contributed by atoms with Gasteiger partial charge in [-0.1, -0.05) is 12.1 Å². The first kappa shape index (κ1) is 17.3. The number of nitriles is 1. The van der Waals surface area contributed by atoms with E-state index in [4.69, 9.17) is 4.74 Å². The molecule has 0 bridgehead atoms. The van der Waals surface area contributed by atoms with Gasteiger partial charge < -0.3 is 4.74 Å². The number of ether oxygens (including phenoxy) is 1. The molecule has 136 valence electrons. The predicted molar refractivity (Wildman–Crippen MR) is 104 cm³/mol. The molecule has 1 aromatic carbocycles. The largest absolute Gasteiger partial charge is 0.496 e. The van der Waals surface area contributed by atoms with Crippen LogP contribution in [-0.2, 0) is 0 Å². The number of tetrazole rings is 1. The molecule has 0 aliphatic carbocycles. The van der Waals surface area contributed by atoms with Crippen LogP contribution in [0.25, 0.3) is 22.9 Å². The smallest absolute Gasteiger partial charge is 0.223 e. The minimum atomic E-state index is 0.428. The molecule has 0 atom stereocenters. The molecule has 28 heavy (non-hydrogen) atoms. The van der Waals surface area contributed by atoms with Gasteiger partial charge in [-0.15, -0.1) is 15.0 Å². The maximum Gasteiger partial charge on any atom is 0.223 e. The zero-order valence-corrected chi connectivity index (χ0v) is 15.0. The van der Waals surface area contributed by atoms with Crippen LogP contribution in [0.5, 0.6) is 5.75 Å². The molecule has 2 aromatic heterocycles. The van der Waals surface area contributed by atoms with Crippen molar-refractivity contribution in [3.05, 3.63) is 65.9 Å². The molecule has 4 rings (SSSR count). The third-order valence-electron chi connectivity index (χ3n) is 4.15. The van der Waals surface area contributed by atoms with Gasteiger partial charge >= 0.3 is 0 Å². The second-order valence-corrected chi connectivity index (χ2v) is 5.85. The Morgan fingerprint density at radius 2 is 2.14 bits per heavy atom. The summed E-state index contributed by atoms with van der Waals surface area (Å²) in [6.45, 7) is 0. The Kier molecular flexibility index (Phi) is 4.72. The van der Waals surface area contributed by atoms with Gasteiger partial charge in [0.1, 0.15) is 11.4 Å². The summed E-state index contributed by atoms with van der Waals surface area (Å²) < 4.78 is 5.55. The van der Waals surface area contributed by atoms with Gasteiger partial charge in [-0.25, -0.2) is 0 Å². The lowest BCUT2D eigenvalue weighted by Crippen LogP contribution is -2.01. The summed E-state index contributed by atoms with van der Waals surface area (Å²) in [6.07, 6.45) is 7.59. The van der Waals surface area contributed by atoms with Crippen LogP contribution in [0.2, 0.25) is 0 Å². The summed E-state index contributed by atoms with van der Waals surface area (Å²) in [4.78, 5) is 10.0. The van der Waals surface area contributed by atoms with E-state index >= 15 is 0 Å². The number of benzene rings is 1. The van der Waals surface area contributed by atoms with E-state index in [0.717, 1.165) is 5.56 Å². The standard InChI is InChI=1S/C20H15N7O/c1-28-18-12-15(27-25-20(24-26-27)17-7-3-5-10-22-17)8-9-16(18)19-14(13-21)6-2-4-11-23-19/h2-5,7-12H,6H2,1H3. The molecule has 0 radical (unpaired) electrons. The summed E-state index contributed by atoms with van der Waals surface area (Å²) in [5.41, 5.74) is 3.21. The summed E-state index contributed by atoms with van der Waals surface area (Å²) in [7, 11) is 1.57. The maximum absolute atomic E-state index is 9.46. The molecule has 0 fully saturated rings. The zero-order chi connectivity index (χ0) is 19.3. The number of aromatic nitrogens is 5. The molecule has 1 aliphatic rings. The summed E-state index contributed by atoms with van der Waals surface area (Å²) in [6, 6.07) is 13.2. The van der Waals surface area contributed by atoms with Gasteiger partial charge in [0.15, 0.2) is 0 Å². The number of methoxy groups -OCH3 is 1. The van der Waals surface area contributed by atoms with E-state index in [2.05, 4.69) is 31.5 Å². The van der Waals surface area contributed by atoms with Crippen molar-refractivity contribution >= 4 is 11.9 Å². The van der Waals surface area contributed by atoms with E-state index < -0.39 is 0 Å². The molecule has 3 heterocycles. The third kappa shape index (κ3) is 3.29. The van der Waals surface area contributed by atoms with Crippen molar-refractivity contribution in [3.63, 3.8) is 0 Å². The van der Waals surface area contributed by atoms with Gasteiger partial charge in [0.2, 0.25) is 5.82 Å². The fourth-order valence-corrected chi connectivity index (χ4v) is 2.79. The molecule has 8 heteroatoms. The molecule has 1 aliphatic heterocycles. The van der Waals surface area contributed by atoms with Crippen molar-refractivity contribution in [2.24, 2.45) is 4.99 Å². The van der Waals surface area contributed by atoms with E-state index in [0.29, 0.717) is 40.6 Å². The van der Waals surface area contributed by atoms with Gasteiger partial charge in [0.05, 0.1) is 30.1 Å². The Bertz CT molecular complexity index is 1140. The van der Waals surface area contributed by atoms with Crippen molar-refractivity contribution in [2.45, 2.75) is 6.42 Å². The minimum absolute atomic E-state index is 0.428. The fourth-order valence-electron chi connectivity index (χ4n) is 2.79. The molecule has 0 saturated carbocycles. The number of allylic oxidation sites excluding steroid dienone is 3. The Labute approximate surface area is 161 Å². The molecular weight excluding hydrogens is 354 g/mol. The second kappa shape index (κ2) is 7.63. The monoisotopic (exact) mass is 369 g/mol. The molecule has 3 aromatic rings. The first-order valence-electron chi connectivity index (χ1n) is 8.53. The van der Waals surface area contributed by atoms with Gasteiger partial charge in [-0.3, -0.25) is 9.98 Å². The first-order chi connectivity index (χ1) is 13.8. The highest BCUT2D eigenvalue weighted by molar-refractivity contribution is 5.85. The van der Waals surface area contributed by atoms with Crippen LogP contribution < -0.4 is 4.74 Å². The van der Waals surface area contributed by atoms with E-state index in [9.17, 15) is 5.26 Å². The summed E-state index contributed by atoms with van der Waals surface area (Å²) in [5, 5.41) is 22.0. The topological polar surface area (TPSA) is 102 Å². The van der Waals surface area contributed by atoms with Crippen molar-refractivity contribution in [2.75, 3.05) is 7.11 Å². The van der Waals surface area contributed by atoms with Gasteiger partial charge in [-0.2, -0.15) is 5.26 Å². The highest BCUT2D eigenvalue weighted by Gasteiger charge is 2.16. The van der Waals surface area contributed by atoms with Gasteiger partial charge in [-0.05, 0) is 35.6 Å². The Balaban J connectivity index is 1.73. The zero-order valence-electron chi connectivity index (χ0n) is 15.0.